The van der Waals surface area contributed by atoms with Crippen LogP contribution in [0.2, 0.25) is 0 Å². The highest BCUT2D eigenvalue weighted by atomic mass is 32.1. The largest absolute Gasteiger partial charge is 0.378 e. The zero-order valence-corrected chi connectivity index (χ0v) is 20.2. The van der Waals surface area contributed by atoms with Crippen LogP contribution in [0.5, 0.6) is 0 Å². The van der Waals surface area contributed by atoms with Crippen molar-refractivity contribution < 1.29 is 4.74 Å². The highest BCUT2D eigenvalue weighted by Crippen LogP contribution is 2.57. The molecule has 0 amide bonds. The fourth-order valence-electron chi connectivity index (χ4n) is 5.85. The van der Waals surface area contributed by atoms with E-state index in [4.69, 9.17) is 14.8 Å². The van der Waals surface area contributed by atoms with Gasteiger partial charge in [-0.05, 0) is 54.5 Å². The summed E-state index contributed by atoms with van der Waals surface area (Å²) in [5.74, 6) is 0.986. The van der Waals surface area contributed by atoms with Crippen molar-refractivity contribution >= 4 is 38.2 Å². The van der Waals surface area contributed by atoms with Gasteiger partial charge in [0.25, 0.3) is 0 Å². The summed E-state index contributed by atoms with van der Waals surface area (Å²) in [7, 11) is 0. The molecular weight excluding hydrogens is 444 g/mol. The highest BCUT2D eigenvalue weighted by Gasteiger charge is 2.54. The van der Waals surface area contributed by atoms with Gasteiger partial charge in [0.1, 0.15) is 5.82 Å². The number of rotatable bonds is 5. The van der Waals surface area contributed by atoms with Gasteiger partial charge in [-0.1, -0.05) is 36.7 Å². The number of hydrogen-bond donors (Lipinski definition) is 1. The minimum atomic E-state index is 0.567. The van der Waals surface area contributed by atoms with Crippen LogP contribution < -0.4 is 10.2 Å². The zero-order chi connectivity index (χ0) is 22.5. The molecule has 1 aliphatic heterocycles. The number of ether oxygens (including phenoxy) is 1. The van der Waals surface area contributed by atoms with Crippen molar-refractivity contribution in [1.29, 1.82) is 0 Å². The molecule has 8 heteroatoms. The van der Waals surface area contributed by atoms with Crippen LogP contribution in [-0.4, -0.2) is 51.9 Å². The third-order valence-corrected chi connectivity index (χ3v) is 8.88. The lowest BCUT2D eigenvalue weighted by Gasteiger charge is -2.27. The monoisotopic (exact) mass is 474 g/mol. The molecule has 0 bridgehead atoms. The van der Waals surface area contributed by atoms with Gasteiger partial charge in [0.15, 0.2) is 10.8 Å². The second kappa shape index (κ2) is 8.20. The van der Waals surface area contributed by atoms with Crippen molar-refractivity contribution in [3.05, 3.63) is 47.8 Å². The van der Waals surface area contributed by atoms with E-state index >= 15 is 0 Å². The van der Waals surface area contributed by atoms with E-state index in [1.165, 1.54) is 48.8 Å². The number of hydrogen-bond acceptors (Lipinski definition) is 7. The standard InChI is InChI=1S/C26H30N6OS/c1-2-8-26(9-3-1)16-22(26)29-25-28-20-5-4-18(15-21(20)34-25)14-19-17-27-23-6-7-24(30-32(19)23)31-10-12-33-13-11-31/h4-7,15,17,22H,1-3,8-14,16H2,(H,28,29)/t22-/m1/s1. The summed E-state index contributed by atoms with van der Waals surface area (Å²) < 4.78 is 8.73. The molecule has 4 aromatic rings. The molecule has 3 aliphatic rings. The number of thiazole rings is 1. The molecule has 3 fully saturated rings. The van der Waals surface area contributed by atoms with Gasteiger partial charge in [-0.2, -0.15) is 0 Å². The molecule has 7 nitrogen and oxygen atoms in total. The summed E-state index contributed by atoms with van der Waals surface area (Å²) in [5, 5.41) is 9.74. The lowest BCUT2D eigenvalue weighted by Crippen LogP contribution is -2.37. The van der Waals surface area contributed by atoms with Gasteiger partial charge in [0.05, 0.1) is 35.3 Å². The lowest BCUT2D eigenvalue weighted by atomic mass is 9.86. The van der Waals surface area contributed by atoms with E-state index in [1.54, 1.807) is 11.3 Å². The van der Waals surface area contributed by atoms with Crippen LogP contribution in [0.25, 0.3) is 15.9 Å². The molecule has 1 atom stereocenters. The maximum Gasteiger partial charge on any atom is 0.184 e. The number of nitrogens with zero attached hydrogens (tertiary/aromatic N) is 5. The summed E-state index contributed by atoms with van der Waals surface area (Å²) in [6.45, 7) is 3.26. The van der Waals surface area contributed by atoms with Gasteiger partial charge in [0, 0.05) is 25.6 Å². The van der Waals surface area contributed by atoms with Gasteiger partial charge in [-0.25, -0.2) is 14.5 Å². The fourth-order valence-corrected chi connectivity index (χ4v) is 6.83. The molecule has 0 unspecified atom stereocenters. The van der Waals surface area contributed by atoms with Crippen LogP contribution in [0.3, 0.4) is 0 Å². The van der Waals surface area contributed by atoms with Gasteiger partial charge in [-0.15, -0.1) is 5.10 Å². The minimum absolute atomic E-state index is 0.567. The summed E-state index contributed by atoms with van der Waals surface area (Å²) in [6.07, 6.45) is 11.0. The average Bonchev–Trinajstić information content (AvgIpc) is 3.19. The Hall–Kier alpha value is -2.71. The normalized spacial score (nSPS) is 22.0. The van der Waals surface area contributed by atoms with Crippen LogP contribution >= 0.6 is 11.3 Å². The molecule has 7 rings (SSSR count). The maximum absolute atomic E-state index is 5.49. The highest BCUT2D eigenvalue weighted by molar-refractivity contribution is 7.22. The quantitative estimate of drug-likeness (QED) is 0.444. The summed E-state index contributed by atoms with van der Waals surface area (Å²) in [6, 6.07) is 11.4. The Morgan fingerprint density at radius 3 is 2.85 bits per heavy atom. The second-order valence-electron chi connectivity index (χ2n) is 10.1. The van der Waals surface area contributed by atoms with Crippen LogP contribution in [0.15, 0.2) is 36.5 Å². The predicted octanol–water partition coefficient (Wildman–Crippen LogP) is 4.90. The first-order valence-electron chi connectivity index (χ1n) is 12.6. The Labute approximate surface area is 203 Å². The molecule has 1 saturated heterocycles. The first-order valence-corrected chi connectivity index (χ1v) is 13.4. The second-order valence-corrected chi connectivity index (χ2v) is 11.2. The van der Waals surface area contributed by atoms with Crippen molar-refractivity contribution in [2.75, 3.05) is 36.5 Å². The molecule has 4 heterocycles. The van der Waals surface area contributed by atoms with Gasteiger partial charge < -0.3 is 15.0 Å². The van der Waals surface area contributed by atoms with E-state index in [0.29, 0.717) is 11.5 Å². The summed E-state index contributed by atoms with van der Waals surface area (Å²) in [5.41, 5.74) is 4.90. The first-order chi connectivity index (χ1) is 16.8. The third kappa shape index (κ3) is 3.73. The Morgan fingerprint density at radius 2 is 1.97 bits per heavy atom. The Kier molecular flexibility index (Phi) is 4.98. The van der Waals surface area contributed by atoms with Crippen molar-refractivity contribution in [3.63, 3.8) is 0 Å². The number of morpholine rings is 1. The van der Waals surface area contributed by atoms with E-state index in [-0.39, 0.29) is 0 Å². The van der Waals surface area contributed by atoms with Crippen LogP contribution in [-0.2, 0) is 11.2 Å². The molecule has 1 aromatic carbocycles. The molecule has 2 aliphatic carbocycles. The van der Waals surface area contributed by atoms with E-state index in [2.05, 4.69) is 45.5 Å². The van der Waals surface area contributed by atoms with Crippen molar-refractivity contribution in [1.82, 2.24) is 19.6 Å². The molecule has 0 radical (unpaired) electrons. The average molecular weight is 475 g/mol. The maximum atomic E-state index is 5.49. The molecular formula is C26H30N6OS. The summed E-state index contributed by atoms with van der Waals surface area (Å²) in [4.78, 5) is 11.7. The Bertz CT molecular complexity index is 1330. The van der Waals surface area contributed by atoms with E-state index in [9.17, 15) is 0 Å². The molecule has 1 spiro atoms. The zero-order valence-electron chi connectivity index (χ0n) is 19.4. The summed E-state index contributed by atoms with van der Waals surface area (Å²) >= 11 is 1.79. The van der Waals surface area contributed by atoms with E-state index < -0.39 is 0 Å². The minimum Gasteiger partial charge on any atom is -0.378 e. The van der Waals surface area contributed by atoms with Crippen molar-refractivity contribution in [2.24, 2.45) is 5.41 Å². The fraction of sp³-hybridized carbons (Fsp3) is 0.500. The molecule has 3 aromatic heterocycles. The predicted molar refractivity (Wildman–Crippen MR) is 136 cm³/mol. The number of fused-ring (bicyclic) bond motifs is 2. The van der Waals surface area contributed by atoms with Crippen LogP contribution in [0.4, 0.5) is 10.9 Å². The van der Waals surface area contributed by atoms with E-state index in [0.717, 1.165) is 60.5 Å². The lowest BCUT2D eigenvalue weighted by molar-refractivity contribution is 0.122. The number of anilines is 2. The van der Waals surface area contributed by atoms with E-state index in [1.807, 2.05) is 10.7 Å². The topological polar surface area (TPSA) is 67.6 Å². The Balaban J connectivity index is 1.10. The SMILES string of the molecule is c1cc2nc(N[C@@H]3CC34CCCCC4)sc2cc1Cc1cnc2ccc(N3CCOCC3)nn12. The third-order valence-electron chi connectivity index (χ3n) is 7.93. The van der Waals surface area contributed by atoms with Crippen LogP contribution in [0.1, 0.15) is 49.8 Å². The van der Waals surface area contributed by atoms with Crippen molar-refractivity contribution in [3.8, 4) is 0 Å². The molecule has 34 heavy (non-hydrogen) atoms. The van der Waals surface area contributed by atoms with Gasteiger partial charge >= 0.3 is 0 Å². The molecule has 176 valence electrons. The number of aromatic nitrogens is 4. The molecule has 1 N–H and O–H groups in total. The van der Waals surface area contributed by atoms with Crippen LogP contribution in [0, 0.1) is 5.41 Å². The molecule has 2 saturated carbocycles. The number of benzene rings is 1. The smallest absolute Gasteiger partial charge is 0.184 e. The number of imidazole rings is 1. The number of nitrogens with one attached hydrogen (secondary N) is 1. The van der Waals surface area contributed by atoms with Gasteiger partial charge in [-0.3, -0.25) is 0 Å². The first kappa shape index (κ1) is 20.6. The van der Waals surface area contributed by atoms with Crippen molar-refractivity contribution in [2.45, 2.75) is 51.0 Å². The Morgan fingerprint density at radius 1 is 1.09 bits per heavy atom. The van der Waals surface area contributed by atoms with Gasteiger partial charge in [0.2, 0.25) is 0 Å².